The molecular formula is C20H32BrN3O3. The van der Waals surface area contributed by atoms with E-state index >= 15 is 0 Å². The predicted molar refractivity (Wildman–Crippen MR) is 110 cm³/mol. The van der Waals surface area contributed by atoms with Crippen molar-refractivity contribution in [1.82, 2.24) is 10.6 Å². The standard InChI is InChI=1S/C20H32BrN3O3/c1-20(2,3)10-15-17(22)16(12-5-4-6-13(21)9-12)18(24-15)19(27)23-8-7-14(26)11-25/h4-6,9,14-18,24-26H,7-8,10-11,22H2,1-3H3,(H,23,27)/t14-,15-,16+,17?,18+/m0/s1. The average molecular weight is 442 g/mol. The summed E-state index contributed by atoms with van der Waals surface area (Å²) in [5, 5.41) is 24.7. The van der Waals surface area contributed by atoms with Gasteiger partial charge in [-0.25, -0.2) is 0 Å². The van der Waals surface area contributed by atoms with Gasteiger partial charge in [-0.2, -0.15) is 0 Å². The van der Waals surface area contributed by atoms with Gasteiger partial charge in [-0.15, -0.1) is 0 Å². The molecule has 1 aliphatic heterocycles. The Morgan fingerprint density at radius 3 is 2.70 bits per heavy atom. The van der Waals surface area contributed by atoms with E-state index in [1.165, 1.54) is 0 Å². The van der Waals surface area contributed by atoms with Gasteiger partial charge < -0.3 is 26.6 Å². The van der Waals surface area contributed by atoms with E-state index in [0.717, 1.165) is 16.5 Å². The van der Waals surface area contributed by atoms with E-state index in [0.29, 0.717) is 13.0 Å². The summed E-state index contributed by atoms with van der Waals surface area (Å²) in [5.74, 6) is -0.269. The van der Waals surface area contributed by atoms with Crippen molar-refractivity contribution in [2.45, 2.75) is 63.8 Å². The Labute approximate surface area is 170 Å². The van der Waals surface area contributed by atoms with Crippen LogP contribution in [0.5, 0.6) is 0 Å². The normalized spacial score (nSPS) is 26.8. The minimum Gasteiger partial charge on any atom is -0.394 e. The number of nitrogens with two attached hydrogens (primary N) is 1. The second kappa shape index (κ2) is 9.47. The molecule has 1 saturated heterocycles. The number of benzene rings is 1. The molecule has 1 unspecified atom stereocenters. The van der Waals surface area contributed by atoms with Crippen molar-refractivity contribution >= 4 is 21.8 Å². The number of halogens is 1. The fourth-order valence-corrected chi connectivity index (χ4v) is 4.12. The number of carbonyl (C=O) groups excluding carboxylic acids is 1. The summed E-state index contributed by atoms with van der Waals surface area (Å²) in [5.41, 5.74) is 7.72. The maximum absolute atomic E-state index is 12.9. The zero-order chi connectivity index (χ0) is 20.2. The second-order valence-corrected chi connectivity index (χ2v) is 9.51. The number of rotatable bonds is 7. The smallest absolute Gasteiger partial charge is 0.237 e. The zero-order valence-electron chi connectivity index (χ0n) is 16.3. The van der Waals surface area contributed by atoms with Crippen molar-refractivity contribution in [3.63, 3.8) is 0 Å². The molecule has 6 nitrogen and oxygen atoms in total. The molecule has 1 amide bonds. The number of aliphatic hydroxyl groups is 2. The predicted octanol–water partition coefficient (Wildman–Crippen LogP) is 1.50. The van der Waals surface area contributed by atoms with Gasteiger partial charge in [0, 0.05) is 29.0 Å². The highest BCUT2D eigenvalue weighted by molar-refractivity contribution is 9.10. The van der Waals surface area contributed by atoms with Gasteiger partial charge in [-0.05, 0) is 36.0 Å². The topological polar surface area (TPSA) is 108 Å². The summed E-state index contributed by atoms with van der Waals surface area (Å²) in [7, 11) is 0. The van der Waals surface area contributed by atoms with Gasteiger partial charge in [0.05, 0.1) is 18.8 Å². The Bertz CT molecular complexity index is 635. The van der Waals surface area contributed by atoms with E-state index in [1.807, 2.05) is 24.3 Å². The zero-order valence-corrected chi connectivity index (χ0v) is 17.9. The third-order valence-electron chi connectivity index (χ3n) is 4.97. The Morgan fingerprint density at radius 1 is 1.41 bits per heavy atom. The quantitative estimate of drug-likeness (QED) is 0.440. The van der Waals surface area contributed by atoms with Crippen LogP contribution < -0.4 is 16.4 Å². The molecule has 1 aromatic carbocycles. The molecule has 7 heteroatoms. The molecule has 1 aliphatic rings. The van der Waals surface area contributed by atoms with Crippen LogP contribution in [0.4, 0.5) is 0 Å². The maximum Gasteiger partial charge on any atom is 0.237 e. The van der Waals surface area contributed by atoms with E-state index in [-0.39, 0.29) is 35.9 Å². The van der Waals surface area contributed by atoms with Crippen LogP contribution >= 0.6 is 15.9 Å². The van der Waals surface area contributed by atoms with Crippen molar-refractivity contribution in [3.05, 3.63) is 34.3 Å². The average Bonchev–Trinajstić information content (AvgIpc) is 2.89. The number of hydrogen-bond donors (Lipinski definition) is 5. The van der Waals surface area contributed by atoms with Gasteiger partial charge in [-0.1, -0.05) is 48.8 Å². The molecule has 0 aromatic heterocycles. The van der Waals surface area contributed by atoms with Crippen molar-refractivity contribution in [1.29, 1.82) is 0 Å². The van der Waals surface area contributed by atoms with Crippen LogP contribution in [-0.4, -0.2) is 53.5 Å². The van der Waals surface area contributed by atoms with Crippen molar-refractivity contribution in [3.8, 4) is 0 Å². The summed E-state index contributed by atoms with van der Waals surface area (Å²) in [6.07, 6.45) is 0.359. The van der Waals surface area contributed by atoms with Crippen molar-refractivity contribution in [2.24, 2.45) is 11.1 Å². The van der Waals surface area contributed by atoms with Crippen LogP contribution in [0.1, 0.15) is 45.1 Å². The SMILES string of the molecule is CC(C)(C)C[C@@H]1N[C@@H](C(=O)NCC[C@H](O)CO)[C@H](c2cccc(Br)c2)C1N. The van der Waals surface area contributed by atoms with Crippen LogP contribution in [0.3, 0.4) is 0 Å². The van der Waals surface area contributed by atoms with Crippen molar-refractivity contribution < 1.29 is 15.0 Å². The Morgan fingerprint density at radius 2 is 2.11 bits per heavy atom. The minimum atomic E-state index is -0.821. The number of aliphatic hydroxyl groups excluding tert-OH is 2. The van der Waals surface area contributed by atoms with E-state index < -0.39 is 12.1 Å². The first-order valence-corrected chi connectivity index (χ1v) is 10.3. The molecule has 2 rings (SSSR count). The lowest BCUT2D eigenvalue weighted by molar-refractivity contribution is -0.123. The Hall–Kier alpha value is -0.990. The minimum absolute atomic E-state index is 0.0350. The van der Waals surface area contributed by atoms with Crippen LogP contribution in [0.2, 0.25) is 0 Å². The van der Waals surface area contributed by atoms with Gasteiger partial charge in [0.2, 0.25) is 5.91 Å². The first kappa shape index (κ1) is 22.3. The fraction of sp³-hybridized carbons (Fsp3) is 0.650. The second-order valence-electron chi connectivity index (χ2n) is 8.59. The first-order valence-electron chi connectivity index (χ1n) is 9.46. The molecule has 0 radical (unpaired) electrons. The fourth-order valence-electron chi connectivity index (χ4n) is 3.70. The van der Waals surface area contributed by atoms with Crippen LogP contribution in [0.25, 0.3) is 0 Å². The highest BCUT2D eigenvalue weighted by Gasteiger charge is 2.45. The molecule has 27 heavy (non-hydrogen) atoms. The molecule has 0 spiro atoms. The van der Waals surface area contributed by atoms with E-state index in [9.17, 15) is 9.90 Å². The summed E-state index contributed by atoms with van der Waals surface area (Å²) < 4.78 is 0.955. The molecular weight excluding hydrogens is 410 g/mol. The van der Waals surface area contributed by atoms with Gasteiger partial charge >= 0.3 is 0 Å². The van der Waals surface area contributed by atoms with Crippen LogP contribution in [0.15, 0.2) is 28.7 Å². The summed E-state index contributed by atoms with van der Waals surface area (Å²) in [6.45, 7) is 6.50. The lowest BCUT2D eigenvalue weighted by atomic mass is 9.81. The van der Waals surface area contributed by atoms with Crippen LogP contribution in [0, 0.1) is 5.41 Å². The third kappa shape index (κ3) is 6.26. The summed E-state index contributed by atoms with van der Waals surface area (Å²) in [4.78, 5) is 12.9. The van der Waals surface area contributed by atoms with Gasteiger partial charge in [0.1, 0.15) is 0 Å². The van der Waals surface area contributed by atoms with E-state index in [2.05, 4.69) is 47.3 Å². The summed E-state index contributed by atoms with van der Waals surface area (Å²) in [6, 6.07) is 7.34. The molecule has 1 aromatic rings. The third-order valence-corrected chi connectivity index (χ3v) is 5.46. The molecule has 5 atom stereocenters. The van der Waals surface area contributed by atoms with Gasteiger partial charge in [0.15, 0.2) is 0 Å². The van der Waals surface area contributed by atoms with E-state index in [4.69, 9.17) is 10.8 Å². The lowest BCUT2D eigenvalue weighted by Crippen LogP contribution is -2.46. The number of hydrogen-bond acceptors (Lipinski definition) is 5. The molecule has 0 bridgehead atoms. The largest absolute Gasteiger partial charge is 0.394 e. The number of amides is 1. The lowest BCUT2D eigenvalue weighted by Gasteiger charge is -2.27. The maximum atomic E-state index is 12.9. The molecule has 0 aliphatic carbocycles. The Kier molecular flexibility index (Phi) is 7.83. The van der Waals surface area contributed by atoms with Crippen molar-refractivity contribution in [2.75, 3.05) is 13.2 Å². The van der Waals surface area contributed by atoms with Crippen LogP contribution in [-0.2, 0) is 4.79 Å². The highest BCUT2D eigenvalue weighted by Crippen LogP contribution is 2.35. The first-order chi connectivity index (χ1) is 12.6. The monoisotopic (exact) mass is 441 g/mol. The summed E-state index contributed by atoms with van der Waals surface area (Å²) >= 11 is 3.50. The molecule has 0 saturated carbocycles. The molecule has 6 N–H and O–H groups in total. The highest BCUT2D eigenvalue weighted by atomic mass is 79.9. The molecule has 1 fully saturated rings. The molecule has 1 heterocycles. The van der Waals surface area contributed by atoms with Gasteiger partial charge in [0.25, 0.3) is 0 Å². The Balaban J connectivity index is 2.18. The number of nitrogens with one attached hydrogen (secondary N) is 2. The number of carbonyl (C=O) groups is 1. The van der Waals surface area contributed by atoms with E-state index in [1.54, 1.807) is 0 Å². The molecule has 152 valence electrons. The van der Waals surface area contributed by atoms with Gasteiger partial charge in [-0.3, -0.25) is 4.79 Å².